The lowest BCUT2D eigenvalue weighted by Crippen LogP contribution is -2.53. The van der Waals surface area contributed by atoms with Crippen molar-refractivity contribution in [1.29, 1.82) is 5.26 Å². The number of nitrogens with zero attached hydrogens (tertiary/aromatic N) is 4. The largest absolute Gasteiger partial charge is 0.344 e. The van der Waals surface area contributed by atoms with Crippen LogP contribution in [0.25, 0.3) is 11.2 Å². The van der Waals surface area contributed by atoms with Crippen LogP contribution in [-0.4, -0.2) is 50.8 Å². The summed E-state index contributed by atoms with van der Waals surface area (Å²) in [6, 6.07) is 1.68. The first-order valence-corrected chi connectivity index (χ1v) is 10.8. The van der Waals surface area contributed by atoms with Gasteiger partial charge in [0.1, 0.15) is 11.6 Å². The van der Waals surface area contributed by atoms with E-state index in [1.165, 1.54) is 0 Å². The van der Waals surface area contributed by atoms with Gasteiger partial charge in [0.2, 0.25) is 5.91 Å². The van der Waals surface area contributed by atoms with Crippen molar-refractivity contribution in [2.75, 3.05) is 13.1 Å². The summed E-state index contributed by atoms with van der Waals surface area (Å²) in [6.07, 6.45) is 7.75. The van der Waals surface area contributed by atoms with Gasteiger partial charge in [-0.3, -0.25) is 9.59 Å². The van der Waals surface area contributed by atoms with Crippen LogP contribution in [0.1, 0.15) is 67.9 Å². The fourth-order valence-electron chi connectivity index (χ4n) is 3.98. The lowest BCUT2D eigenvalue weighted by Gasteiger charge is -2.34. The van der Waals surface area contributed by atoms with Gasteiger partial charge in [-0.1, -0.05) is 20.3 Å². The summed E-state index contributed by atoms with van der Waals surface area (Å²) in [5, 5.41) is 12.1. The highest BCUT2D eigenvalue weighted by Gasteiger charge is 2.33. The van der Waals surface area contributed by atoms with Gasteiger partial charge in [-0.05, 0) is 31.6 Å². The van der Waals surface area contributed by atoms with Crippen molar-refractivity contribution in [3.63, 3.8) is 0 Å². The monoisotopic (exact) mass is 408 g/mol. The molecule has 0 radical (unpaired) electrons. The summed E-state index contributed by atoms with van der Waals surface area (Å²) in [6.45, 7) is 5.11. The third-order valence-electron chi connectivity index (χ3n) is 6.39. The Kier molecular flexibility index (Phi) is 5.71. The van der Waals surface area contributed by atoms with Crippen molar-refractivity contribution in [2.24, 2.45) is 11.8 Å². The van der Waals surface area contributed by atoms with Crippen molar-refractivity contribution in [3.05, 3.63) is 23.7 Å². The lowest BCUT2D eigenvalue weighted by molar-refractivity contribution is -0.135. The second-order valence-corrected chi connectivity index (χ2v) is 8.53. The molecule has 2 aromatic heterocycles. The van der Waals surface area contributed by atoms with Crippen LogP contribution in [0.4, 0.5) is 0 Å². The third-order valence-corrected chi connectivity index (χ3v) is 6.39. The average molecular weight is 409 g/mol. The maximum Gasteiger partial charge on any atom is 0.255 e. The van der Waals surface area contributed by atoms with Gasteiger partial charge < -0.3 is 15.2 Å². The zero-order valence-corrected chi connectivity index (χ0v) is 17.5. The van der Waals surface area contributed by atoms with Gasteiger partial charge in [-0.15, -0.1) is 0 Å². The molecule has 1 saturated heterocycles. The molecule has 2 fully saturated rings. The highest BCUT2D eigenvalue weighted by Crippen LogP contribution is 2.39. The van der Waals surface area contributed by atoms with Crippen LogP contribution in [0.2, 0.25) is 0 Å². The molecule has 8 heteroatoms. The molecule has 4 rings (SSSR count). The van der Waals surface area contributed by atoms with Crippen molar-refractivity contribution < 1.29 is 9.59 Å². The van der Waals surface area contributed by atoms with Crippen molar-refractivity contribution >= 4 is 23.0 Å². The number of aromatic amines is 1. The number of carbonyl (C=O) groups is 2. The summed E-state index contributed by atoms with van der Waals surface area (Å²) in [5.41, 5.74) is 2.48. The maximum atomic E-state index is 13.2. The van der Waals surface area contributed by atoms with E-state index < -0.39 is 6.04 Å². The fraction of sp³-hybridized carbons (Fsp3) is 0.591. The van der Waals surface area contributed by atoms with Gasteiger partial charge in [0, 0.05) is 31.1 Å². The van der Waals surface area contributed by atoms with Crippen LogP contribution in [0.5, 0.6) is 0 Å². The van der Waals surface area contributed by atoms with Crippen LogP contribution in [0, 0.1) is 23.2 Å². The molecule has 158 valence electrons. The van der Waals surface area contributed by atoms with Crippen molar-refractivity contribution in [1.82, 2.24) is 25.2 Å². The molecule has 3 heterocycles. The molecule has 2 aliphatic rings. The Morgan fingerprint density at radius 2 is 2.07 bits per heavy atom. The molecule has 2 atom stereocenters. The molecule has 2 N–H and O–H groups in total. The number of aromatic nitrogens is 3. The zero-order chi connectivity index (χ0) is 21.3. The minimum Gasteiger partial charge on any atom is -0.344 e. The molecule has 0 unspecified atom stereocenters. The normalized spacial score (nSPS) is 19.3. The van der Waals surface area contributed by atoms with Crippen LogP contribution < -0.4 is 5.32 Å². The predicted molar refractivity (Wildman–Crippen MR) is 111 cm³/mol. The van der Waals surface area contributed by atoms with E-state index in [1.807, 2.05) is 13.8 Å². The van der Waals surface area contributed by atoms with Crippen LogP contribution in [0.15, 0.2) is 12.4 Å². The average Bonchev–Trinajstić information content (AvgIpc) is 3.55. The molecule has 2 amide bonds. The highest BCUT2D eigenvalue weighted by atomic mass is 16.2. The van der Waals surface area contributed by atoms with Gasteiger partial charge in [-0.2, -0.15) is 5.26 Å². The van der Waals surface area contributed by atoms with E-state index >= 15 is 0 Å². The number of nitriles is 1. The fourth-order valence-corrected chi connectivity index (χ4v) is 3.98. The van der Waals surface area contributed by atoms with Crippen molar-refractivity contribution in [2.45, 2.75) is 57.9 Å². The number of likely N-dealkylation sites (tertiary alicyclic amines) is 1. The van der Waals surface area contributed by atoms with E-state index in [0.717, 1.165) is 25.0 Å². The first-order valence-electron chi connectivity index (χ1n) is 10.8. The summed E-state index contributed by atoms with van der Waals surface area (Å²) < 4.78 is 0. The number of piperidine rings is 1. The van der Waals surface area contributed by atoms with Gasteiger partial charge >= 0.3 is 0 Å². The summed E-state index contributed by atoms with van der Waals surface area (Å²) in [7, 11) is 0. The molecule has 1 saturated carbocycles. The number of H-pyrrole nitrogens is 1. The summed E-state index contributed by atoms with van der Waals surface area (Å²) >= 11 is 0. The van der Waals surface area contributed by atoms with Crippen LogP contribution >= 0.6 is 0 Å². The Morgan fingerprint density at radius 3 is 2.70 bits per heavy atom. The molecular formula is C22H28N6O2. The SMILES string of the molecule is CC[C@H](C)[C@@H](NC(=O)c1c[nH]c2ncc(C3CC3)nc12)C(=O)N1CCC(C#N)CC1. The Morgan fingerprint density at radius 1 is 1.33 bits per heavy atom. The molecule has 2 aromatic rings. The quantitative estimate of drug-likeness (QED) is 0.763. The van der Waals surface area contributed by atoms with E-state index in [0.29, 0.717) is 48.6 Å². The summed E-state index contributed by atoms with van der Waals surface area (Å²) in [5.74, 6) is 0.0656. The van der Waals surface area contributed by atoms with Gasteiger partial charge in [-0.25, -0.2) is 9.97 Å². The van der Waals surface area contributed by atoms with Crippen LogP contribution in [0.3, 0.4) is 0 Å². The minimum absolute atomic E-state index is 0.00606. The smallest absolute Gasteiger partial charge is 0.255 e. The van der Waals surface area contributed by atoms with E-state index in [4.69, 9.17) is 5.26 Å². The van der Waals surface area contributed by atoms with E-state index in [-0.39, 0.29) is 23.7 Å². The maximum absolute atomic E-state index is 13.2. The molecule has 0 aromatic carbocycles. The third kappa shape index (κ3) is 4.02. The molecular weight excluding hydrogens is 380 g/mol. The highest BCUT2D eigenvalue weighted by molar-refractivity contribution is 6.06. The van der Waals surface area contributed by atoms with Crippen LogP contribution in [-0.2, 0) is 4.79 Å². The van der Waals surface area contributed by atoms with Gasteiger partial charge in [0.05, 0.1) is 23.5 Å². The molecule has 30 heavy (non-hydrogen) atoms. The Bertz CT molecular complexity index is 981. The molecule has 1 aliphatic heterocycles. The Balaban J connectivity index is 1.52. The molecule has 0 spiro atoms. The lowest BCUT2D eigenvalue weighted by atomic mass is 9.94. The molecule has 8 nitrogen and oxygen atoms in total. The standard InChI is InChI=1S/C22H28N6O2/c1-3-13(2)18(22(30)28-8-6-14(10-23)7-9-28)27-21(29)16-11-24-20-19(16)26-17(12-25-20)15-4-5-15/h11-15,18H,3-9H2,1-2H3,(H,24,25)(H,27,29)/t13-,18+/m0/s1. The predicted octanol–water partition coefficient (Wildman–Crippen LogP) is 2.74. The molecule has 1 aliphatic carbocycles. The van der Waals surface area contributed by atoms with E-state index in [9.17, 15) is 9.59 Å². The number of hydrogen-bond donors (Lipinski definition) is 2. The number of fused-ring (bicyclic) bond motifs is 1. The number of rotatable bonds is 6. The second-order valence-electron chi connectivity index (χ2n) is 8.53. The Hall–Kier alpha value is -2.95. The van der Waals surface area contributed by atoms with Gasteiger partial charge in [0.25, 0.3) is 5.91 Å². The topological polar surface area (TPSA) is 115 Å². The van der Waals surface area contributed by atoms with Gasteiger partial charge in [0.15, 0.2) is 5.65 Å². The summed E-state index contributed by atoms with van der Waals surface area (Å²) in [4.78, 5) is 40.2. The first kappa shape index (κ1) is 20.3. The molecule has 0 bridgehead atoms. The zero-order valence-electron chi connectivity index (χ0n) is 17.5. The minimum atomic E-state index is -0.606. The number of amides is 2. The van der Waals surface area contributed by atoms with E-state index in [1.54, 1.807) is 17.3 Å². The van der Waals surface area contributed by atoms with Crippen molar-refractivity contribution in [3.8, 4) is 6.07 Å². The number of carbonyl (C=O) groups excluding carboxylic acids is 2. The Labute approximate surface area is 176 Å². The first-order chi connectivity index (χ1) is 14.5. The second kappa shape index (κ2) is 8.42. The van der Waals surface area contributed by atoms with E-state index in [2.05, 4.69) is 26.3 Å². The number of nitrogens with one attached hydrogen (secondary N) is 2. The number of hydrogen-bond acceptors (Lipinski definition) is 5.